The lowest BCUT2D eigenvalue weighted by molar-refractivity contribution is 0.315. The van der Waals surface area contributed by atoms with Gasteiger partial charge in [0.2, 0.25) is 0 Å². The van der Waals surface area contributed by atoms with Crippen LogP contribution in [0.25, 0.3) is 0 Å². The van der Waals surface area contributed by atoms with Crippen molar-refractivity contribution < 1.29 is 0 Å². The molecule has 0 bridgehead atoms. The van der Waals surface area contributed by atoms with Gasteiger partial charge in [-0.15, -0.1) is 0 Å². The Balaban J connectivity index is 0.000000531. The molecule has 0 aliphatic carbocycles. The second-order valence-electron chi connectivity index (χ2n) is 3.83. The van der Waals surface area contributed by atoms with E-state index in [9.17, 15) is 0 Å². The first-order valence-electron chi connectivity index (χ1n) is 6.06. The van der Waals surface area contributed by atoms with E-state index < -0.39 is 0 Å². The van der Waals surface area contributed by atoms with Gasteiger partial charge in [-0.2, -0.15) is 5.10 Å². The molecule has 1 aliphatic rings. The van der Waals surface area contributed by atoms with Crippen LogP contribution in [-0.4, -0.2) is 34.3 Å². The molecule has 86 valence electrons. The fourth-order valence-corrected chi connectivity index (χ4v) is 1.84. The summed E-state index contributed by atoms with van der Waals surface area (Å²) in [6.07, 6.45) is 6.77. The van der Waals surface area contributed by atoms with Gasteiger partial charge in [-0.25, -0.2) is 0 Å². The molecule has 1 aromatic rings. The SMILES string of the molecule is CC.Cc1cnn(CCN2CCCC2)c1. The summed E-state index contributed by atoms with van der Waals surface area (Å²) in [6, 6.07) is 0. The van der Waals surface area contributed by atoms with E-state index in [-0.39, 0.29) is 0 Å². The summed E-state index contributed by atoms with van der Waals surface area (Å²) in [5.41, 5.74) is 1.25. The minimum atomic E-state index is 1.04. The molecule has 0 spiro atoms. The lowest BCUT2D eigenvalue weighted by Crippen LogP contribution is -2.24. The molecule has 1 fully saturated rings. The normalized spacial score (nSPS) is 16.2. The third-order valence-corrected chi connectivity index (χ3v) is 2.61. The molecule has 0 unspecified atom stereocenters. The Morgan fingerprint density at radius 3 is 2.40 bits per heavy atom. The third-order valence-electron chi connectivity index (χ3n) is 2.61. The van der Waals surface area contributed by atoms with Crippen LogP contribution >= 0.6 is 0 Å². The predicted octanol–water partition coefficient (Wildman–Crippen LogP) is 2.31. The van der Waals surface area contributed by atoms with Crippen molar-refractivity contribution in [2.24, 2.45) is 0 Å². The minimum Gasteiger partial charge on any atom is -0.301 e. The molecule has 1 saturated heterocycles. The minimum absolute atomic E-state index is 1.04. The molecule has 0 radical (unpaired) electrons. The van der Waals surface area contributed by atoms with Crippen molar-refractivity contribution in [2.75, 3.05) is 19.6 Å². The van der Waals surface area contributed by atoms with Crippen LogP contribution in [-0.2, 0) is 6.54 Å². The maximum Gasteiger partial charge on any atom is 0.0536 e. The summed E-state index contributed by atoms with van der Waals surface area (Å²) in [4.78, 5) is 2.51. The molecule has 0 aromatic carbocycles. The summed E-state index contributed by atoms with van der Waals surface area (Å²) in [6.45, 7) is 10.8. The van der Waals surface area contributed by atoms with E-state index in [0.29, 0.717) is 0 Å². The van der Waals surface area contributed by atoms with Crippen LogP contribution in [0.1, 0.15) is 32.3 Å². The van der Waals surface area contributed by atoms with Crippen molar-refractivity contribution in [3.63, 3.8) is 0 Å². The van der Waals surface area contributed by atoms with E-state index in [1.54, 1.807) is 0 Å². The first-order chi connectivity index (χ1) is 7.34. The molecule has 1 aromatic heterocycles. The highest BCUT2D eigenvalue weighted by molar-refractivity contribution is 4.99. The van der Waals surface area contributed by atoms with Crippen LogP contribution in [0.15, 0.2) is 12.4 Å². The van der Waals surface area contributed by atoms with E-state index in [1.807, 2.05) is 24.7 Å². The average Bonchev–Trinajstić information content (AvgIpc) is 2.89. The first kappa shape index (κ1) is 12.2. The summed E-state index contributed by atoms with van der Waals surface area (Å²) >= 11 is 0. The Kier molecular flexibility index (Phi) is 5.40. The van der Waals surface area contributed by atoms with E-state index in [0.717, 1.165) is 13.1 Å². The molecule has 0 atom stereocenters. The summed E-state index contributed by atoms with van der Waals surface area (Å²) < 4.78 is 2.04. The second-order valence-corrected chi connectivity index (χ2v) is 3.83. The maximum atomic E-state index is 4.27. The van der Waals surface area contributed by atoms with Crippen molar-refractivity contribution in [2.45, 2.75) is 40.2 Å². The van der Waals surface area contributed by atoms with Gasteiger partial charge in [0.1, 0.15) is 0 Å². The summed E-state index contributed by atoms with van der Waals surface area (Å²) in [5, 5.41) is 4.27. The van der Waals surface area contributed by atoms with Crippen molar-refractivity contribution in [1.82, 2.24) is 14.7 Å². The quantitative estimate of drug-likeness (QED) is 0.761. The number of hydrogen-bond donors (Lipinski definition) is 0. The van der Waals surface area contributed by atoms with Gasteiger partial charge < -0.3 is 4.90 Å². The molecule has 0 saturated carbocycles. The highest BCUT2D eigenvalue weighted by atomic mass is 15.3. The van der Waals surface area contributed by atoms with E-state index >= 15 is 0 Å². The highest BCUT2D eigenvalue weighted by Crippen LogP contribution is 2.06. The molecule has 3 heteroatoms. The van der Waals surface area contributed by atoms with Gasteiger partial charge in [-0.3, -0.25) is 4.68 Å². The fraction of sp³-hybridized carbons (Fsp3) is 0.750. The lowest BCUT2D eigenvalue weighted by atomic mass is 10.4. The van der Waals surface area contributed by atoms with Gasteiger partial charge in [-0.05, 0) is 38.4 Å². The lowest BCUT2D eigenvalue weighted by Gasteiger charge is -2.13. The average molecular weight is 209 g/mol. The van der Waals surface area contributed by atoms with Gasteiger partial charge >= 0.3 is 0 Å². The van der Waals surface area contributed by atoms with Crippen LogP contribution in [0.5, 0.6) is 0 Å². The summed E-state index contributed by atoms with van der Waals surface area (Å²) in [7, 11) is 0. The maximum absolute atomic E-state index is 4.27. The van der Waals surface area contributed by atoms with Crippen molar-refractivity contribution >= 4 is 0 Å². The molecule has 15 heavy (non-hydrogen) atoms. The number of nitrogens with zero attached hydrogens (tertiary/aromatic N) is 3. The number of rotatable bonds is 3. The molecule has 1 aliphatic heterocycles. The molecule has 0 amide bonds. The van der Waals surface area contributed by atoms with E-state index in [1.165, 1.54) is 31.5 Å². The molecular formula is C12H23N3. The number of aromatic nitrogens is 2. The molecule has 2 heterocycles. The molecule has 0 N–H and O–H groups in total. The Morgan fingerprint density at radius 2 is 1.87 bits per heavy atom. The third kappa shape index (κ3) is 4.04. The fourth-order valence-electron chi connectivity index (χ4n) is 1.84. The highest BCUT2D eigenvalue weighted by Gasteiger charge is 2.10. The zero-order chi connectivity index (χ0) is 11.1. The Hall–Kier alpha value is -0.830. The van der Waals surface area contributed by atoms with Crippen molar-refractivity contribution in [3.8, 4) is 0 Å². The molecule has 3 nitrogen and oxygen atoms in total. The van der Waals surface area contributed by atoms with Gasteiger partial charge in [0.05, 0.1) is 12.7 Å². The summed E-state index contributed by atoms with van der Waals surface area (Å²) in [5.74, 6) is 0. The van der Waals surface area contributed by atoms with Gasteiger partial charge in [0, 0.05) is 12.7 Å². The van der Waals surface area contributed by atoms with Crippen LogP contribution in [0.2, 0.25) is 0 Å². The van der Waals surface area contributed by atoms with Crippen LogP contribution < -0.4 is 0 Å². The molecular weight excluding hydrogens is 186 g/mol. The van der Waals surface area contributed by atoms with Crippen molar-refractivity contribution in [1.29, 1.82) is 0 Å². The van der Waals surface area contributed by atoms with Gasteiger partial charge in [0.15, 0.2) is 0 Å². The Morgan fingerprint density at radius 1 is 1.20 bits per heavy atom. The first-order valence-corrected chi connectivity index (χ1v) is 6.06. The Labute approximate surface area is 93.1 Å². The largest absolute Gasteiger partial charge is 0.301 e. The monoisotopic (exact) mass is 209 g/mol. The van der Waals surface area contributed by atoms with Crippen LogP contribution in [0.3, 0.4) is 0 Å². The Bertz CT molecular complexity index is 262. The number of likely N-dealkylation sites (tertiary alicyclic amines) is 1. The number of aryl methyl sites for hydroxylation is 1. The van der Waals surface area contributed by atoms with E-state index in [4.69, 9.17) is 0 Å². The topological polar surface area (TPSA) is 21.1 Å². The van der Waals surface area contributed by atoms with Gasteiger partial charge in [-0.1, -0.05) is 13.8 Å². The smallest absolute Gasteiger partial charge is 0.0536 e. The van der Waals surface area contributed by atoms with Gasteiger partial charge in [0.25, 0.3) is 0 Å². The van der Waals surface area contributed by atoms with Crippen LogP contribution in [0.4, 0.5) is 0 Å². The van der Waals surface area contributed by atoms with Crippen molar-refractivity contribution in [3.05, 3.63) is 18.0 Å². The number of hydrogen-bond acceptors (Lipinski definition) is 2. The van der Waals surface area contributed by atoms with E-state index in [2.05, 4.69) is 23.1 Å². The second kappa shape index (κ2) is 6.62. The van der Waals surface area contributed by atoms with Crippen LogP contribution in [0, 0.1) is 6.92 Å². The zero-order valence-corrected chi connectivity index (χ0v) is 10.2. The predicted molar refractivity (Wildman–Crippen MR) is 64.0 cm³/mol. The standard InChI is InChI=1S/C10H17N3.C2H6/c1-10-8-11-13(9-10)7-6-12-4-2-3-5-12;1-2/h8-9H,2-7H2,1H3;1-2H3. The zero-order valence-electron chi connectivity index (χ0n) is 10.2. The molecule has 2 rings (SSSR count).